The number of fused-ring (bicyclic) bond motifs is 1. The Morgan fingerprint density at radius 3 is 2.92 bits per heavy atom. The summed E-state index contributed by atoms with van der Waals surface area (Å²) in [7, 11) is 0. The molecule has 1 aliphatic carbocycles. The molecule has 7 heteroatoms. The van der Waals surface area contributed by atoms with E-state index in [2.05, 4.69) is 16.9 Å². The van der Waals surface area contributed by atoms with Crippen LogP contribution in [0.15, 0.2) is 81.9 Å². The van der Waals surface area contributed by atoms with Crippen molar-refractivity contribution >= 4 is 24.1 Å². The zero-order valence-corrected chi connectivity index (χ0v) is 23.1. The van der Waals surface area contributed by atoms with Gasteiger partial charge in [0.1, 0.15) is 5.84 Å². The van der Waals surface area contributed by atoms with Gasteiger partial charge in [0.2, 0.25) is 0 Å². The van der Waals surface area contributed by atoms with E-state index >= 15 is 0 Å². The molecule has 204 valence electrons. The topological polar surface area (TPSA) is 83.4 Å². The van der Waals surface area contributed by atoms with Crippen LogP contribution in [-0.2, 0) is 14.3 Å². The molecule has 0 saturated carbocycles. The van der Waals surface area contributed by atoms with Gasteiger partial charge in [-0.3, -0.25) is 19.6 Å². The molecule has 1 N–H and O–H groups in total. The molecule has 0 aromatic carbocycles. The number of nitrogens with zero attached hydrogens (tertiary/aromatic N) is 3. The molecular weight excluding hydrogens is 476 g/mol. The third-order valence-corrected chi connectivity index (χ3v) is 7.20. The minimum absolute atomic E-state index is 0.0314. The number of rotatable bonds is 11. The fourth-order valence-electron chi connectivity index (χ4n) is 5.00. The number of nitrogens with one attached hydrogen (secondary N) is 1. The van der Waals surface area contributed by atoms with E-state index in [0.29, 0.717) is 31.8 Å². The highest BCUT2D eigenvalue weighted by Crippen LogP contribution is 2.26. The first-order valence-electron chi connectivity index (χ1n) is 13.8. The second-order valence-corrected chi connectivity index (χ2v) is 9.67. The predicted molar refractivity (Wildman–Crippen MR) is 155 cm³/mol. The summed E-state index contributed by atoms with van der Waals surface area (Å²) in [5, 5.41) is 3.22. The van der Waals surface area contributed by atoms with Gasteiger partial charge in [-0.15, -0.1) is 0 Å². The Morgan fingerprint density at radius 2 is 2.18 bits per heavy atom. The second-order valence-electron chi connectivity index (χ2n) is 9.67. The quantitative estimate of drug-likeness (QED) is 0.234. The number of hydrogen-bond acceptors (Lipinski definition) is 5. The Balaban J connectivity index is 1.65. The maximum atomic E-state index is 13.5. The number of esters is 1. The van der Waals surface area contributed by atoms with Crippen LogP contribution in [0.25, 0.3) is 0 Å². The normalized spacial score (nSPS) is 23.3. The van der Waals surface area contributed by atoms with Gasteiger partial charge in [0.25, 0.3) is 5.91 Å². The predicted octanol–water partition coefficient (Wildman–Crippen LogP) is 5.10. The van der Waals surface area contributed by atoms with E-state index in [1.165, 1.54) is 0 Å². The Bertz CT molecular complexity index is 1080. The van der Waals surface area contributed by atoms with E-state index in [9.17, 15) is 9.59 Å². The number of carbonyl (C=O) groups is 2. The molecule has 2 heterocycles. The molecule has 1 amide bonds. The van der Waals surface area contributed by atoms with Crippen LogP contribution in [0.1, 0.15) is 52.9 Å². The fraction of sp³-hybridized carbons (Fsp3) is 0.484. The van der Waals surface area contributed by atoms with Crippen LogP contribution in [0.4, 0.5) is 0 Å². The molecule has 3 atom stereocenters. The molecule has 0 bridgehead atoms. The minimum atomic E-state index is -0.120. The second kappa shape index (κ2) is 15.1. The molecule has 7 nitrogen and oxygen atoms in total. The van der Waals surface area contributed by atoms with E-state index in [1.54, 1.807) is 6.34 Å². The van der Waals surface area contributed by atoms with Crippen molar-refractivity contribution in [2.45, 2.75) is 58.9 Å². The maximum Gasteiger partial charge on any atom is 0.308 e. The summed E-state index contributed by atoms with van der Waals surface area (Å²) in [4.78, 5) is 36.9. The van der Waals surface area contributed by atoms with Crippen LogP contribution in [0.5, 0.6) is 0 Å². The van der Waals surface area contributed by atoms with Crippen LogP contribution >= 0.6 is 0 Å². The fourth-order valence-corrected chi connectivity index (χ4v) is 5.00. The summed E-state index contributed by atoms with van der Waals surface area (Å²) >= 11 is 0. The summed E-state index contributed by atoms with van der Waals surface area (Å²) in [5.74, 6) is 0.754. The van der Waals surface area contributed by atoms with Gasteiger partial charge in [-0.1, -0.05) is 56.0 Å². The van der Waals surface area contributed by atoms with Gasteiger partial charge in [-0.25, -0.2) is 0 Å². The lowest BCUT2D eigenvalue weighted by Crippen LogP contribution is -2.53. The van der Waals surface area contributed by atoms with Crippen molar-refractivity contribution in [2.24, 2.45) is 21.8 Å². The highest BCUT2D eigenvalue weighted by Gasteiger charge is 2.36. The van der Waals surface area contributed by atoms with E-state index < -0.39 is 0 Å². The van der Waals surface area contributed by atoms with Crippen molar-refractivity contribution in [3.63, 3.8) is 0 Å². The smallest absolute Gasteiger partial charge is 0.308 e. The van der Waals surface area contributed by atoms with Gasteiger partial charge < -0.3 is 15.0 Å². The Hall–Kier alpha value is -3.48. The molecule has 0 aromatic heterocycles. The van der Waals surface area contributed by atoms with Crippen molar-refractivity contribution in [3.8, 4) is 0 Å². The molecule has 3 rings (SSSR count). The van der Waals surface area contributed by atoms with Gasteiger partial charge in [0, 0.05) is 25.2 Å². The largest absolute Gasteiger partial charge is 0.466 e. The Kier molecular flexibility index (Phi) is 11.5. The summed E-state index contributed by atoms with van der Waals surface area (Å²) in [6.07, 6.45) is 21.4. The monoisotopic (exact) mass is 518 g/mol. The number of amidine groups is 1. The highest BCUT2D eigenvalue weighted by atomic mass is 16.5. The zero-order valence-electron chi connectivity index (χ0n) is 23.1. The lowest BCUT2D eigenvalue weighted by molar-refractivity contribution is -0.148. The highest BCUT2D eigenvalue weighted by molar-refractivity contribution is 5.99. The van der Waals surface area contributed by atoms with Crippen molar-refractivity contribution < 1.29 is 14.3 Å². The molecular formula is C31H42N4O3. The molecule has 1 saturated heterocycles. The number of amides is 1. The number of aliphatic imine (C=N–C) groups is 2. The molecule has 0 spiro atoms. The van der Waals surface area contributed by atoms with Crippen LogP contribution in [0.3, 0.4) is 0 Å². The molecule has 1 fully saturated rings. The number of piperidine rings is 1. The first-order valence-corrected chi connectivity index (χ1v) is 13.8. The lowest BCUT2D eigenvalue weighted by atomic mass is 9.89. The Morgan fingerprint density at radius 1 is 1.34 bits per heavy atom. The molecule has 0 radical (unpaired) electrons. The minimum Gasteiger partial charge on any atom is -0.466 e. The number of ether oxygens (including phenoxy) is 1. The third kappa shape index (κ3) is 7.76. The van der Waals surface area contributed by atoms with Gasteiger partial charge in [0.15, 0.2) is 0 Å². The van der Waals surface area contributed by atoms with Crippen LogP contribution in [-0.4, -0.2) is 61.2 Å². The number of hydrogen-bond donors (Lipinski definition) is 1. The average molecular weight is 519 g/mol. The molecule has 38 heavy (non-hydrogen) atoms. The molecule has 2 aliphatic heterocycles. The van der Waals surface area contributed by atoms with Crippen LogP contribution in [0.2, 0.25) is 0 Å². The van der Waals surface area contributed by atoms with Gasteiger partial charge >= 0.3 is 5.97 Å². The summed E-state index contributed by atoms with van der Waals surface area (Å²) in [6.45, 7) is 12.0. The first-order chi connectivity index (χ1) is 18.5. The van der Waals surface area contributed by atoms with Crippen molar-refractivity contribution in [1.82, 2.24) is 10.2 Å². The van der Waals surface area contributed by atoms with Gasteiger partial charge in [-0.2, -0.15) is 0 Å². The van der Waals surface area contributed by atoms with E-state index in [-0.39, 0.29) is 29.8 Å². The van der Waals surface area contributed by atoms with Crippen LogP contribution in [0, 0.1) is 11.8 Å². The van der Waals surface area contributed by atoms with Gasteiger partial charge in [0.05, 0.1) is 30.8 Å². The zero-order chi connectivity index (χ0) is 27.3. The molecule has 2 unspecified atom stereocenters. The molecule has 3 aliphatic rings. The standard InChI is InChI=1S/C31H42N4O3/c1-5-9-12-23(6-2)25-13-10-14-26(17-16-25)30(36)35-20-18-28-27(21-35)29(34-22-33-28)32-19-11-15-24(7-3)31(37)38-8-4/h5-6,9-10,12,14,16-17,22,24,27-28H,2,7-8,11,13,15,18-21H2,1,3-4H3,(H,32,33,34)/b9-5-,23-12+/t24-,27?,28?/m1/s1. The van der Waals surface area contributed by atoms with Crippen molar-refractivity contribution in [3.05, 3.63) is 71.9 Å². The lowest BCUT2D eigenvalue weighted by Gasteiger charge is -2.39. The maximum absolute atomic E-state index is 13.5. The number of carbonyl (C=O) groups excluding carboxylic acids is 2. The third-order valence-electron chi connectivity index (χ3n) is 7.20. The summed E-state index contributed by atoms with van der Waals surface area (Å²) in [5.41, 5.74) is 2.87. The van der Waals surface area contributed by atoms with E-state index in [1.807, 2.05) is 74.3 Å². The number of allylic oxidation sites excluding steroid dienone is 9. The Labute approximate surface area is 227 Å². The van der Waals surface area contributed by atoms with E-state index in [4.69, 9.17) is 9.73 Å². The SMILES string of the molecule is C=C/C(=C\C=C/C)C1=CC=C(C(=O)N2CCC3N=CNC(=NCCC[C@@H](CC)C(=O)OCC)C3C2)C=CC1. The van der Waals surface area contributed by atoms with Crippen LogP contribution < -0.4 is 5.32 Å². The summed E-state index contributed by atoms with van der Waals surface area (Å²) < 4.78 is 5.18. The molecule has 0 aromatic rings. The van der Waals surface area contributed by atoms with Crippen molar-refractivity contribution in [2.75, 3.05) is 26.2 Å². The van der Waals surface area contributed by atoms with Gasteiger partial charge in [-0.05, 0) is 63.2 Å². The average Bonchev–Trinajstić information content (AvgIpc) is 3.19. The van der Waals surface area contributed by atoms with Crippen molar-refractivity contribution in [1.29, 1.82) is 0 Å². The summed E-state index contributed by atoms with van der Waals surface area (Å²) in [6, 6.07) is 0.124. The number of likely N-dealkylation sites (tertiary alicyclic amines) is 1. The first kappa shape index (κ1) is 29.1. The van der Waals surface area contributed by atoms with E-state index in [0.717, 1.165) is 49.1 Å².